The summed E-state index contributed by atoms with van der Waals surface area (Å²) >= 11 is 0. The molecule has 1 aromatic carbocycles. The van der Waals surface area contributed by atoms with E-state index < -0.39 is 0 Å². The van der Waals surface area contributed by atoms with Gasteiger partial charge in [0.2, 0.25) is 0 Å². The van der Waals surface area contributed by atoms with Crippen LogP contribution in [0.15, 0.2) is 48.8 Å². The molecule has 1 heterocycles. The molecular weight excluding hydrogens is 203 g/mol. The number of aromatic nitrogens is 2. The molecule has 2 rings (SSSR count). The standard InChI is InChI=1S/C7H8.C3H4N2.C2H6.CH3F/c1-7-5-3-2-4-6-7;1-2-4-5-3-1;2*1-2/h2-6H,1H3;1-3H,(H,4,5);1-2H3;1H3. The summed E-state index contributed by atoms with van der Waals surface area (Å²) < 4.78 is 9.50. The molecule has 2 nitrogen and oxygen atoms in total. The van der Waals surface area contributed by atoms with E-state index >= 15 is 0 Å². The number of nitrogens with zero attached hydrogens (tertiary/aromatic N) is 1. The van der Waals surface area contributed by atoms with Crippen molar-refractivity contribution >= 4 is 0 Å². The van der Waals surface area contributed by atoms with Crippen molar-refractivity contribution in [2.75, 3.05) is 7.18 Å². The molecule has 0 aliphatic rings. The number of hydrogen-bond donors (Lipinski definition) is 1. The van der Waals surface area contributed by atoms with E-state index in [1.165, 1.54) is 5.56 Å². The van der Waals surface area contributed by atoms with Gasteiger partial charge in [0.15, 0.2) is 0 Å². The van der Waals surface area contributed by atoms with Gasteiger partial charge in [0.05, 0.1) is 7.18 Å². The number of nitrogens with one attached hydrogen (secondary N) is 1. The quantitative estimate of drug-likeness (QED) is 0.719. The lowest BCUT2D eigenvalue weighted by Crippen LogP contribution is -1.62. The van der Waals surface area contributed by atoms with Crippen LogP contribution in [0.5, 0.6) is 0 Å². The molecule has 0 bridgehead atoms. The van der Waals surface area contributed by atoms with E-state index in [9.17, 15) is 4.39 Å². The van der Waals surface area contributed by atoms with E-state index in [1.807, 2.05) is 38.1 Å². The van der Waals surface area contributed by atoms with Gasteiger partial charge in [0.1, 0.15) is 0 Å². The van der Waals surface area contributed by atoms with Gasteiger partial charge in [-0.3, -0.25) is 9.49 Å². The molecule has 2 aromatic rings. The predicted octanol–water partition coefficient (Wildman–Crippen LogP) is 4.02. The summed E-state index contributed by atoms with van der Waals surface area (Å²) in [4.78, 5) is 0. The minimum Gasteiger partial charge on any atom is -0.286 e. The van der Waals surface area contributed by atoms with Crippen molar-refractivity contribution in [3.05, 3.63) is 54.4 Å². The van der Waals surface area contributed by atoms with E-state index in [1.54, 1.807) is 12.4 Å². The fourth-order valence-electron chi connectivity index (χ4n) is 0.750. The number of aryl methyl sites for hydroxylation is 1. The van der Waals surface area contributed by atoms with E-state index in [2.05, 4.69) is 29.3 Å². The average Bonchev–Trinajstić information content (AvgIpc) is 2.94. The molecule has 0 atom stereocenters. The van der Waals surface area contributed by atoms with Gasteiger partial charge in [-0.05, 0) is 13.0 Å². The predicted molar refractivity (Wildman–Crippen MR) is 68.1 cm³/mol. The molecular formula is C13H21FN2. The highest BCUT2D eigenvalue weighted by molar-refractivity contribution is 5.11. The second-order valence-corrected chi connectivity index (χ2v) is 2.42. The number of hydrogen-bond acceptors (Lipinski definition) is 1. The van der Waals surface area contributed by atoms with Crippen molar-refractivity contribution in [1.29, 1.82) is 0 Å². The van der Waals surface area contributed by atoms with Crippen molar-refractivity contribution < 1.29 is 4.39 Å². The Morgan fingerprint density at radius 3 is 1.75 bits per heavy atom. The maximum absolute atomic E-state index is 9.50. The molecule has 0 saturated heterocycles. The molecule has 0 amide bonds. The first-order chi connectivity index (χ1) is 7.89. The number of halogens is 1. The number of alkyl halides is 1. The zero-order chi connectivity index (χ0) is 12.6. The summed E-state index contributed by atoms with van der Waals surface area (Å²) in [5.74, 6) is 0. The molecule has 0 aliphatic heterocycles. The third-order valence-corrected chi connectivity index (χ3v) is 1.35. The topological polar surface area (TPSA) is 28.7 Å². The number of aromatic amines is 1. The maximum Gasteiger partial charge on any atom is 0.0785 e. The normalized spacial score (nSPS) is 7.06. The molecule has 1 N–H and O–H groups in total. The van der Waals surface area contributed by atoms with Crippen LogP contribution in [0.4, 0.5) is 4.39 Å². The van der Waals surface area contributed by atoms with Crippen LogP contribution in [0.25, 0.3) is 0 Å². The number of benzene rings is 1. The minimum absolute atomic E-state index is 0.500. The average molecular weight is 224 g/mol. The summed E-state index contributed by atoms with van der Waals surface area (Å²) in [6, 6.07) is 12.1. The van der Waals surface area contributed by atoms with Gasteiger partial charge in [0.25, 0.3) is 0 Å². The molecule has 0 saturated carbocycles. The van der Waals surface area contributed by atoms with E-state index in [0.717, 1.165) is 0 Å². The third kappa shape index (κ3) is 12.4. The highest BCUT2D eigenvalue weighted by Gasteiger charge is 1.72. The Hall–Kier alpha value is -1.64. The SMILES string of the molecule is CC.CF.Cc1ccccc1.c1cn[nH]c1. The van der Waals surface area contributed by atoms with Crippen LogP contribution in [-0.4, -0.2) is 17.4 Å². The largest absolute Gasteiger partial charge is 0.286 e. The number of H-pyrrole nitrogens is 1. The van der Waals surface area contributed by atoms with Crippen molar-refractivity contribution in [3.8, 4) is 0 Å². The number of rotatable bonds is 0. The zero-order valence-electron chi connectivity index (χ0n) is 10.4. The van der Waals surface area contributed by atoms with Crippen LogP contribution in [0.2, 0.25) is 0 Å². The lowest BCUT2D eigenvalue weighted by Gasteiger charge is -1.82. The van der Waals surface area contributed by atoms with Crippen LogP contribution in [-0.2, 0) is 0 Å². The highest BCUT2D eigenvalue weighted by Crippen LogP contribution is 1.92. The second kappa shape index (κ2) is 15.8. The molecule has 1 aromatic heterocycles. The van der Waals surface area contributed by atoms with Gasteiger partial charge in [-0.1, -0.05) is 49.7 Å². The molecule has 0 unspecified atom stereocenters. The monoisotopic (exact) mass is 224 g/mol. The molecule has 0 spiro atoms. The first-order valence-electron chi connectivity index (χ1n) is 5.23. The Morgan fingerprint density at radius 2 is 1.56 bits per heavy atom. The van der Waals surface area contributed by atoms with Gasteiger partial charge in [-0.15, -0.1) is 0 Å². The molecule has 0 aliphatic carbocycles. The Morgan fingerprint density at radius 1 is 1.00 bits per heavy atom. The van der Waals surface area contributed by atoms with Crippen molar-refractivity contribution in [1.82, 2.24) is 10.2 Å². The summed E-state index contributed by atoms with van der Waals surface area (Å²) in [6.45, 7) is 6.08. The van der Waals surface area contributed by atoms with Gasteiger partial charge in [-0.25, -0.2) is 0 Å². The van der Waals surface area contributed by atoms with Gasteiger partial charge >= 0.3 is 0 Å². The Labute approximate surface area is 97.5 Å². The van der Waals surface area contributed by atoms with Gasteiger partial charge in [-0.2, -0.15) is 5.10 Å². The van der Waals surface area contributed by atoms with Gasteiger partial charge in [0, 0.05) is 12.4 Å². The minimum atomic E-state index is 0.500. The molecule has 90 valence electrons. The molecule has 16 heavy (non-hydrogen) atoms. The summed E-state index contributed by atoms with van der Waals surface area (Å²) in [6.07, 6.45) is 3.46. The first-order valence-corrected chi connectivity index (χ1v) is 5.23. The zero-order valence-corrected chi connectivity index (χ0v) is 10.4. The Kier molecular flexibility index (Phi) is 16.6. The lowest BCUT2D eigenvalue weighted by atomic mass is 10.2. The second-order valence-electron chi connectivity index (χ2n) is 2.42. The van der Waals surface area contributed by atoms with E-state index in [4.69, 9.17) is 0 Å². The smallest absolute Gasteiger partial charge is 0.0785 e. The first kappa shape index (κ1) is 16.8. The molecule has 0 radical (unpaired) electrons. The summed E-state index contributed by atoms with van der Waals surface area (Å²) in [5, 5.41) is 6.21. The molecule has 3 heteroatoms. The summed E-state index contributed by atoms with van der Waals surface area (Å²) in [7, 11) is 0.500. The third-order valence-electron chi connectivity index (χ3n) is 1.35. The Bertz CT molecular complexity index is 263. The lowest BCUT2D eigenvalue weighted by molar-refractivity contribution is 0.636. The van der Waals surface area contributed by atoms with E-state index in [0.29, 0.717) is 7.18 Å². The fourth-order valence-corrected chi connectivity index (χ4v) is 0.750. The highest BCUT2D eigenvalue weighted by atomic mass is 19.1. The maximum atomic E-state index is 9.50. The van der Waals surface area contributed by atoms with Crippen LogP contribution >= 0.6 is 0 Å². The molecule has 0 fully saturated rings. The summed E-state index contributed by atoms with van der Waals surface area (Å²) in [5.41, 5.74) is 1.32. The Balaban J connectivity index is 0. The van der Waals surface area contributed by atoms with Crippen LogP contribution in [0, 0.1) is 6.92 Å². The van der Waals surface area contributed by atoms with Crippen molar-refractivity contribution in [2.45, 2.75) is 20.8 Å². The van der Waals surface area contributed by atoms with Crippen molar-refractivity contribution in [3.63, 3.8) is 0 Å². The van der Waals surface area contributed by atoms with Crippen LogP contribution in [0.3, 0.4) is 0 Å². The van der Waals surface area contributed by atoms with E-state index in [-0.39, 0.29) is 0 Å². The fraction of sp³-hybridized carbons (Fsp3) is 0.308. The van der Waals surface area contributed by atoms with Crippen LogP contribution < -0.4 is 0 Å². The van der Waals surface area contributed by atoms with Crippen LogP contribution in [0.1, 0.15) is 19.4 Å². The van der Waals surface area contributed by atoms with Crippen molar-refractivity contribution in [2.24, 2.45) is 0 Å². The van der Waals surface area contributed by atoms with Gasteiger partial charge < -0.3 is 0 Å².